The summed E-state index contributed by atoms with van der Waals surface area (Å²) in [5, 5.41) is 13.8. The molecule has 1 atom stereocenters. The fourth-order valence-electron chi connectivity index (χ4n) is 2.47. The van der Waals surface area contributed by atoms with Crippen LogP contribution < -0.4 is 9.62 Å². The maximum Gasteiger partial charge on any atom is 0.269 e. The summed E-state index contributed by atoms with van der Waals surface area (Å²) in [6.07, 6.45) is 0.135. The molecule has 0 radical (unpaired) electrons. The molecule has 0 spiro atoms. The van der Waals surface area contributed by atoms with Crippen LogP contribution in [0.3, 0.4) is 0 Å². The topological polar surface area (TPSA) is 75.5 Å². The van der Waals surface area contributed by atoms with Crippen LogP contribution in [-0.4, -0.2) is 33.3 Å². The van der Waals surface area contributed by atoms with Gasteiger partial charge in [-0.2, -0.15) is 0 Å². The minimum Gasteiger partial charge on any atom is -0.295 e. The predicted octanol–water partition coefficient (Wildman–Crippen LogP) is 0.276. The normalized spacial score (nSPS) is 27.1. The van der Waals surface area contributed by atoms with E-state index in [-0.39, 0.29) is 11.9 Å². The Labute approximate surface area is 99.3 Å². The first kappa shape index (κ1) is 10.7. The van der Waals surface area contributed by atoms with Crippen LogP contribution in [0, 0.1) is 10.1 Å². The maximum absolute atomic E-state index is 12.4. The Hall–Kier alpha value is -1.47. The first-order valence-corrected chi connectivity index (χ1v) is 7.49. The third-order valence-corrected chi connectivity index (χ3v) is 6.45. The molecule has 7 heteroatoms. The summed E-state index contributed by atoms with van der Waals surface area (Å²) in [4.78, 5) is 10.1. The van der Waals surface area contributed by atoms with E-state index in [9.17, 15) is 14.3 Å². The van der Waals surface area contributed by atoms with Crippen molar-refractivity contribution in [3.63, 3.8) is 0 Å². The molecule has 2 heterocycles. The van der Waals surface area contributed by atoms with E-state index >= 15 is 0 Å². The Kier molecular flexibility index (Phi) is 2.20. The number of nitrogens with zero attached hydrogens (tertiary/aromatic N) is 2. The van der Waals surface area contributed by atoms with Gasteiger partial charge in [0.2, 0.25) is 0 Å². The Morgan fingerprint density at radius 1 is 1.41 bits per heavy atom. The Balaban J connectivity index is 1.90. The molecule has 0 aromatic heterocycles. The number of fused-ring (bicyclic) bond motifs is 2. The van der Waals surface area contributed by atoms with Crippen molar-refractivity contribution < 1.29 is 9.13 Å². The van der Waals surface area contributed by atoms with Crippen LogP contribution >= 0.6 is 0 Å². The molecule has 2 saturated heterocycles. The summed E-state index contributed by atoms with van der Waals surface area (Å²) < 4.78 is 14.3. The molecular weight excluding hydrogens is 242 g/mol. The van der Waals surface area contributed by atoms with Crippen molar-refractivity contribution in [3.8, 4) is 0 Å². The molecule has 0 amide bonds. The largest absolute Gasteiger partial charge is 0.295 e. The lowest BCUT2D eigenvalue weighted by molar-refractivity contribution is -0.384. The lowest BCUT2D eigenvalue weighted by Gasteiger charge is -2.57. The second kappa shape index (κ2) is 3.51. The van der Waals surface area contributed by atoms with Crippen LogP contribution in [-0.2, 0) is 10.1 Å². The number of nitro groups is 1. The van der Waals surface area contributed by atoms with Gasteiger partial charge in [-0.25, -0.2) is 0 Å². The van der Waals surface area contributed by atoms with Crippen molar-refractivity contribution in [1.82, 2.24) is 5.32 Å². The lowest BCUT2D eigenvalue weighted by Crippen LogP contribution is -2.73. The van der Waals surface area contributed by atoms with Gasteiger partial charge in [0, 0.05) is 30.1 Å². The molecule has 1 unspecified atom stereocenters. The van der Waals surface area contributed by atoms with Crippen LogP contribution in [0.5, 0.6) is 0 Å². The molecular formula is C10H13N3O3S. The quantitative estimate of drug-likeness (QED) is 0.452. The second-order valence-electron chi connectivity index (χ2n) is 4.34. The molecule has 1 aromatic carbocycles. The zero-order chi connectivity index (χ0) is 12.0. The van der Waals surface area contributed by atoms with Crippen molar-refractivity contribution in [2.75, 3.05) is 22.4 Å². The number of thiol groups is 1. The molecule has 2 bridgehead atoms. The van der Waals surface area contributed by atoms with Gasteiger partial charge in [0.25, 0.3) is 5.69 Å². The standard InChI is InChI=1S/C10H13N3O3S/c14-13(15)9-3-1-8(2-4-9)12-10-7-17(12,16)6-5-11-10/h1-4,10-11,17H,5-7H2. The van der Waals surface area contributed by atoms with Gasteiger partial charge in [-0.15, -0.1) is 0 Å². The molecule has 2 aliphatic heterocycles. The van der Waals surface area contributed by atoms with Crippen molar-refractivity contribution in [2.24, 2.45) is 0 Å². The molecule has 3 rings (SSSR count). The zero-order valence-electron chi connectivity index (χ0n) is 9.07. The summed E-state index contributed by atoms with van der Waals surface area (Å²) in [6.45, 7) is 0.797. The van der Waals surface area contributed by atoms with Crippen LogP contribution in [0.25, 0.3) is 0 Å². The summed E-state index contributed by atoms with van der Waals surface area (Å²) in [5.74, 6) is 1.39. The molecule has 6 nitrogen and oxygen atoms in total. The van der Waals surface area contributed by atoms with Crippen LogP contribution in [0.2, 0.25) is 0 Å². The molecule has 2 fully saturated rings. The Morgan fingerprint density at radius 2 is 2.12 bits per heavy atom. The maximum atomic E-state index is 12.4. The van der Waals surface area contributed by atoms with E-state index in [1.54, 1.807) is 12.1 Å². The first-order chi connectivity index (χ1) is 8.10. The number of nitrogens with one attached hydrogen (secondary N) is 1. The summed E-state index contributed by atoms with van der Waals surface area (Å²) in [7, 11) is -2.21. The summed E-state index contributed by atoms with van der Waals surface area (Å²) in [6, 6.07) is 6.25. The van der Waals surface area contributed by atoms with Crippen molar-refractivity contribution in [2.45, 2.75) is 6.17 Å². The second-order valence-corrected chi connectivity index (χ2v) is 7.28. The van der Waals surface area contributed by atoms with Crippen molar-refractivity contribution >= 4 is 21.5 Å². The van der Waals surface area contributed by atoms with Gasteiger partial charge in [0.05, 0.1) is 10.7 Å². The lowest BCUT2D eigenvalue weighted by atomic mass is 10.2. The number of benzene rings is 1. The number of rotatable bonds is 2. The zero-order valence-corrected chi connectivity index (χ0v) is 9.97. The van der Waals surface area contributed by atoms with E-state index in [4.69, 9.17) is 0 Å². The minimum atomic E-state index is -2.21. The van der Waals surface area contributed by atoms with Gasteiger partial charge < -0.3 is 0 Å². The van der Waals surface area contributed by atoms with Crippen molar-refractivity contribution in [1.29, 1.82) is 0 Å². The van der Waals surface area contributed by atoms with Gasteiger partial charge in [-0.3, -0.25) is 23.9 Å². The van der Waals surface area contributed by atoms with Crippen molar-refractivity contribution in [3.05, 3.63) is 34.4 Å². The third kappa shape index (κ3) is 1.54. The number of hydrogen-bond donors (Lipinski definition) is 2. The molecule has 17 heavy (non-hydrogen) atoms. The highest BCUT2D eigenvalue weighted by Crippen LogP contribution is 2.37. The van der Waals surface area contributed by atoms with E-state index < -0.39 is 15.0 Å². The van der Waals surface area contributed by atoms with E-state index in [0.29, 0.717) is 11.5 Å². The average molecular weight is 255 g/mol. The van der Waals surface area contributed by atoms with Gasteiger partial charge in [-0.1, -0.05) is 0 Å². The molecule has 1 N–H and O–H groups in total. The van der Waals surface area contributed by atoms with Gasteiger partial charge in [-0.05, 0) is 22.3 Å². The van der Waals surface area contributed by atoms with Gasteiger partial charge in [0.15, 0.2) is 0 Å². The fourth-order valence-corrected chi connectivity index (χ4v) is 5.29. The smallest absolute Gasteiger partial charge is 0.269 e. The van der Waals surface area contributed by atoms with Gasteiger partial charge >= 0.3 is 0 Å². The SMILES string of the molecule is O=[N+]([O-])c1ccc(N2C3C[SH]2(=O)CCN3)cc1. The van der Waals surface area contributed by atoms with E-state index in [1.165, 1.54) is 12.1 Å². The highest BCUT2D eigenvalue weighted by Gasteiger charge is 2.46. The van der Waals surface area contributed by atoms with E-state index in [0.717, 1.165) is 12.2 Å². The van der Waals surface area contributed by atoms with E-state index in [1.807, 2.05) is 4.31 Å². The van der Waals surface area contributed by atoms with Crippen LogP contribution in [0.4, 0.5) is 11.4 Å². The average Bonchev–Trinajstić information content (AvgIpc) is 2.29. The molecule has 92 valence electrons. The molecule has 0 aliphatic carbocycles. The Morgan fingerprint density at radius 3 is 2.65 bits per heavy atom. The highest BCUT2D eigenvalue weighted by molar-refractivity contribution is 8.05. The highest BCUT2D eigenvalue weighted by atomic mass is 32.3. The summed E-state index contributed by atoms with van der Waals surface area (Å²) in [5.41, 5.74) is 0.869. The van der Waals surface area contributed by atoms with Crippen LogP contribution in [0.15, 0.2) is 24.3 Å². The molecule has 1 aromatic rings. The monoisotopic (exact) mass is 255 g/mol. The number of anilines is 1. The first-order valence-electron chi connectivity index (χ1n) is 5.46. The minimum absolute atomic E-state index is 0.0608. The van der Waals surface area contributed by atoms with E-state index in [2.05, 4.69) is 5.32 Å². The van der Waals surface area contributed by atoms with Crippen LogP contribution in [0.1, 0.15) is 0 Å². The predicted molar refractivity (Wildman–Crippen MR) is 66.6 cm³/mol. The van der Waals surface area contributed by atoms with Gasteiger partial charge in [0.1, 0.15) is 6.17 Å². The number of hydrogen-bond acceptors (Lipinski definition) is 4. The molecule has 0 saturated carbocycles. The summed E-state index contributed by atoms with van der Waals surface area (Å²) >= 11 is 0. The third-order valence-electron chi connectivity index (χ3n) is 3.31. The number of non-ortho nitro benzene ring substituents is 1. The molecule has 2 aliphatic rings. The number of nitro benzene ring substituents is 1. The Bertz CT molecular complexity index is 510. The fraction of sp³-hybridized carbons (Fsp3) is 0.400.